The van der Waals surface area contributed by atoms with Gasteiger partial charge in [0.2, 0.25) is 0 Å². The lowest BCUT2D eigenvalue weighted by Crippen LogP contribution is -2.32. The minimum atomic E-state index is 0.421. The zero-order chi connectivity index (χ0) is 9.35. The van der Waals surface area contributed by atoms with Crippen molar-refractivity contribution in [3.8, 4) is 0 Å². The quantitative estimate of drug-likeness (QED) is 0.517. The highest BCUT2D eigenvalue weighted by molar-refractivity contribution is 5.14. The molecule has 0 spiro atoms. The van der Waals surface area contributed by atoms with Gasteiger partial charge < -0.3 is 0 Å². The van der Waals surface area contributed by atoms with E-state index in [-0.39, 0.29) is 0 Å². The highest BCUT2D eigenvalue weighted by Crippen LogP contribution is 2.43. The van der Waals surface area contributed by atoms with Gasteiger partial charge in [-0.05, 0) is 42.2 Å². The van der Waals surface area contributed by atoms with E-state index in [2.05, 4.69) is 46.4 Å². The zero-order valence-corrected chi connectivity index (χ0v) is 8.94. The van der Waals surface area contributed by atoms with Crippen molar-refractivity contribution in [3.05, 3.63) is 17.4 Å². The summed E-state index contributed by atoms with van der Waals surface area (Å²) < 4.78 is 0. The van der Waals surface area contributed by atoms with Gasteiger partial charge in [-0.15, -0.1) is 5.73 Å². The molecule has 0 heteroatoms. The zero-order valence-electron chi connectivity index (χ0n) is 8.94. The second-order valence-electron chi connectivity index (χ2n) is 4.55. The summed E-state index contributed by atoms with van der Waals surface area (Å²) in [7, 11) is 0. The van der Waals surface area contributed by atoms with Crippen molar-refractivity contribution >= 4 is 0 Å². The predicted octanol–water partition coefficient (Wildman–Crippen LogP) is 3.79. The second-order valence-corrected chi connectivity index (χ2v) is 4.55. The van der Waals surface area contributed by atoms with Crippen molar-refractivity contribution in [2.24, 2.45) is 17.3 Å². The minimum Gasteiger partial charge on any atom is -0.126 e. The number of hydrogen-bond acceptors (Lipinski definition) is 0. The maximum atomic E-state index is 3.38. The van der Waals surface area contributed by atoms with Crippen LogP contribution in [0.2, 0.25) is 0 Å². The summed E-state index contributed by atoms with van der Waals surface area (Å²) in [4.78, 5) is 0. The van der Waals surface area contributed by atoms with E-state index in [1.807, 2.05) is 0 Å². The molecular formula is C12H20. The first-order valence-corrected chi connectivity index (χ1v) is 4.93. The van der Waals surface area contributed by atoms with Crippen LogP contribution in [0.5, 0.6) is 0 Å². The van der Waals surface area contributed by atoms with E-state index >= 15 is 0 Å². The van der Waals surface area contributed by atoms with E-state index in [4.69, 9.17) is 0 Å². The van der Waals surface area contributed by atoms with Gasteiger partial charge in [-0.1, -0.05) is 27.7 Å². The van der Waals surface area contributed by atoms with Gasteiger partial charge in [0.15, 0.2) is 0 Å². The van der Waals surface area contributed by atoms with E-state index < -0.39 is 0 Å². The molecule has 0 aromatic carbocycles. The highest BCUT2D eigenvalue weighted by Gasteiger charge is 2.34. The molecule has 0 heterocycles. The van der Waals surface area contributed by atoms with E-state index in [1.165, 1.54) is 12.0 Å². The van der Waals surface area contributed by atoms with Crippen molar-refractivity contribution in [3.63, 3.8) is 0 Å². The van der Waals surface area contributed by atoms with E-state index in [9.17, 15) is 0 Å². The van der Waals surface area contributed by atoms with Crippen molar-refractivity contribution < 1.29 is 0 Å². The average molecular weight is 164 g/mol. The molecule has 0 saturated carbocycles. The van der Waals surface area contributed by atoms with Crippen LogP contribution >= 0.6 is 0 Å². The fraction of sp³-hybridized carbons (Fsp3) is 0.750. The third-order valence-electron chi connectivity index (χ3n) is 3.67. The lowest BCUT2D eigenvalue weighted by molar-refractivity contribution is 0.174. The molecule has 0 radical (unpaired) electrons. The van der Waals surface area contributed by atoms with Crippen LogP contribution in [0.15, 0.2) is 17.4 Å². The van der Waals surface area contributed by atoms with Crippen LogP contribution in [0.25, 0.3) is 0 Å². The van der Waals surface area contributed by atoms with Crippen LogP contribution in [0.1, 0.15) is 41.0 Å². The predicted molar refractivity (Wildman–Crippen MR) is 54.0 cm³/mol. The summed E-state index contributed by atoms with van der Waals surface area (Å²) in [5.41, 5.74) is 5.21. The van der Waals surface area contributed by atoms with Gasteiger partial charge in [-0.25, -0.2) is 0 Å². The fourth-order valence-electron chi connectivity index (χ4n) is 2.09. The van der Waals surface area contributed by atoms with Gasteiger partial charge in [0.05, 0.1) is 0 Å². The van der Waals surface area contributed by atoms with Crippen molar-refractivity contribution in [2.75, 3.05) is 0 Å². The first kappa shape index (κ1) is 9.61. The Morgan fingerprint density at radius 2 is 2.08 bits per heavy atom. The van der Waals surface area contributed by atoms with Crippen LogP contribution < -0.4 is 0 Å². The maximum absolute atomic E-state index is 3.38. The summed E-state index contributed by atoms with van der Waals surface area (Å²) in [5, 5.41) is 0. The fourth-order valence-corrected chi connectivity index (χ4v) is 2.09. The molecule has 0 aromatic rings. The number of rotatable bonds is 1. The summed E-state index contributed by atoms with van der Waals surface area (Å²) >= 11 is 0. The third kappa shape index (κ3) is 1.36. The molecule has 1 rings (SSSR count). The van der Waals surface area contributed by atoms with Gasteiger partial charge >= 0.3 is 0 Å². The van der Waals surface area contributed by atoms with Gasteiger partial charge in [0.1, 0.15) is 0 Å². The van der Waals surface area contributed by atoms with Crippen molar-refractivity contribution in [2.45, 2.75) is 41.0 Å². The standard InChI is InChI=1S/C12H20/c1-6-11-8-7-9(2)10(3)12(11,4)5/h8,10-11H,6H2,1-5H3. The molecule has 0 amide bonds. The Kier molecular flexibility index (Phi) is 2.49. The summed E-state index contributed by atoms with van der Waals surface area (Å²) in [6.07, 6.45) is 3.49. The van der Waals surface area contributed by atoms with Gasteiger partial charge in [0.25, 0.3) is 0 Å². The summed E-state index contributed by atoms with van der Waals surface area (Å²) in [6, 6.07) is 0. The molecule has 0 aromatic heterocycles. The molecule has 0 aliphatic heterocycles. The largest absolute Gasteiger partial charge is 0.126 e. The minimum absolute atomic E-state index is 0.421. The number of allylic oxidation sites excluding steroid dienone is 1. The number of hydrogen-bond donors (Lipinski definition) is 0. The van der Waals surface area contributed by atoms with Crippen LogP contribution in [0.4, 0.5) is 0 Å². The van der Waals surface area contributed by atoms with Crippen molar-refractivity contribution in [1.82, 2.24) is 0 Å². The topological polar surface area (TPSA) is 0 Å². The molecule has 2 atom stereocenters. The van der Waals surface area contributed by atoms with Gasteiger partial charge in [0, 0.05) is 0 Å². The monoisotopic (exact) mass is 164 g/mol. The Balaban J connectivity index is 3.01. The second kappa shape index (κ2) is 3.11. The Hall–Kier alpha value is -0.480. The van der Waals surface area contributed by atoms with Gasteiger partial charge in [-0.2, -0.15) is 0 Å². The molecule has 0 fully saturated rings. The Morgan fingerprint density at radius 3 is 2.58 bits per heavy atom. The summed E-state index contributed by atoms with van der Waals surface area (Å²) in [5.74, 6) is 1.38. The molecule has 2 unspecified atom stereocenters. The third-order valence-corrected chi connectivity index (χ3v) is 3.67. The first-order valence-electron chi connectivity index (χ1n) is 4.93. The van der Waals surface area contributed by atoms with Gasteiger partial charge in [-0.3, -0.25) is 0 Å². The maximum Gasteiger partial charge on any atom is -0.0101 e. The Bertz CT molecular complexity index is 226. The molecule has 0 nitrogen and oxygen atoms in total. The van der Waals surface area contributed by atoms with Crippen LogP contribution in [-0.2, 0) is 0 Å². The van der Waals surface area contributed by atoms with E-state index in [1.54, 1.807) is 0 Å². The normalized spacial score (nSPS) is 33.2. The van der Waals surface area contributed by atoms with Crippen LogP contribution in [-0.4, -0.2) is 0 Å². The Morgan fingerprint density at radius 1 is 1.50 bits per heavy atom. The molecule has 1 aliphatic carbocycles. The smallest absolute Gasteiger partial charge is 0.0101 e. The van der Waals surface area contributed by atoms with Crippen LogP contribution in [0, 0.1) is 17.3 Å². The average Bonchev–Trinajstić information content (AvgIpc) is 2.01. The highest BCUT2D eigenvalue weighted by atomic mass is 14.4. The molecular weight excluding hydrogens is 144 g/mol. The molecule has 68 valence electrons. The lowest BCUT2D eigenvalue weighted by Gasteiger charge is -2.39. The molecule has 0 saturated heterocycles. The van der Waals surface area contributed by atoms with Crippen LogP contribution in [0.3, 0.4) is 0 Å². The lowest BCUT2D eigenvalue weighted by atomic mass is 9.65. The Labute approximate surface area is 76.4 Å². The van der Waals surface area contributed by atoms with E-state index in [0.29, 0.717) is 17.3 Å². The summed E-state index contributed by atoms with van der Waals surface area (Å²) in [6.45, 7) is 11.5. The SMILES string of the molecule is CCC1C=C=C(C)C(C)C1(C)C. The van der Waals surface area contributed by atoms with E-state index in [0.717, 1.165) is 0 Å². The molecule has 12 heavy (non-hydrogen) atoms. The first-order chi connectivity index (χ1) is 5.50. The van der Waals surface area contributed by atoms with Crippen molar-refractivity contribution in [1.29, 1.82) is 0 Å². The molecule has 0 N–H and O–H groups in total. The molecule has 0 bridgehead atoms. The molecule has 1 aliphatic rings.